The molecule has 0 aromatic carbocycles. The molecule has 6 heteroatoms. The summed E-state index contributed by atoms with van der Waals surface area (Å²) in [6.45, 7) is 11.3. The number of nitrogens with one attached hydrogen (secondary N) is 1. The first-order valence-corrected chi connectivity index (χ1v) is 8.75. The van der Waals surface area contributed by atoms with E-state index in [1.807, 2.05) is 26.8 Å². The van der Waals surface area contributed by atoms with E-state index in [1.165, 1.54) is 5.56 Å². The smallest absolute Gasteiger partial charge is 0.410 e. The number of ether oxygens (including phenoxy) is 1. The highest BCUT2D eigenvalue weighted by molar-refractivity contribution is 7.14. The number of nitrogens with zero attached hydrogens (tertiary/aromatic N) is 1. The van der Waals surface area contributed by atoms with E-state index in [0.717, 1.165) is 10.9 Å². The van der Waals surface area contributed by atoms with Crippen molar-refractivity contribution in [2.75, 3.05) is 20.1 Å². The first-order chi connectivity index (χ1) is 10.1. The maximum Gasteiger partial charge on any atom is 0.410 e. The lowest BCUT2D eigenvalue weighted by Gasteiger charge is -2.27. The fourth-order valence-corrected chi connectivity index (χ4v) is 2.98. The third kappa shape index (κ3) is 6.99. The lowest BCUT2D eigenvalue weighted by atomic mass is 10.1. The molecule has 1 N–H and O–H groups in total. The van der Waals surface area contributed by atoms with Gasteiger partial charge in [0.15, 0.2) is 0 Å². The predicted molar refractivity (Wildman–Crippen MR) is 93.8 cm³/mol. The Morgan fingerprint density at radius 3 is 2.59 bits per heavy atom. The van der Waals surface area contributed by atoms with Crippen LogP contribution in [0.4, 0.5) is 4.79 Å². The molecule has 126 valence electrons. The summed E-state index contributed by atoms with van der Waals surface area (Å²) in [7, 11) is 1.77. The fraction of sp³-hybridized carbons (Fsp3) is 0.688. The van der Waals surface area contributed by atoms with E-state index in [9.17, 15) is 4.79 Å². The second-order valence-electron chi connectivity index (χ2n) is 6.78. The van der Waals surface area contributed by atoms with Crippen LogP contribution in [0, 0.1) is 5.92 Å². The van der Waals surface area contributed by atoms with Gasteiger partial charge in [0, 0.05) is 19.6 Å². The molecule has 1 rings (SSSR count). The molecule has 2 unspecified atom stereocenters. The van der Waals surface area contributed by atoms with Gasteiger partial charge in [-0.05, 0) is 57.2 Å². The van der Waals surface area contributed by atoms with Crippen molar-refractivity contribution in [3.05, 3.63) is 21.3 Å². The summed E-state index contributed by atoms with van der Waals surface area (Å²) in [5, 5.41) is 5.54. The Balaban J connectivity index is 2.36. The van der Waals surface area contributed by atoms with Crippen molar-refractivity contribution in [1.82, 2.24) is 10.2 Å². The van der Waals surface area contributed by atoms with Gasteiger partial charge in [-0.1, -0.05) is 18.5 Å². The van der Waals surface area contributed by atoms with Crippen LogP contribution in [-0.2, 0) is 4.74 Å². The number of halogens is 1. The number of carbonyl (C=O) groups excluding carboxylic acids is 1. The number of hydrogen-bond donors (Lipinski definition) is 1. The average molecular weight is 347 g/mol. The van der Waals surface area contributed by atoms with Crippen molar-refractivity contribution in [2.24, 2.45) is 5.92 Å². The predicted octanol–water partition coefficient (Wildman–Crippen LogP) is 4.56. The molecule has 0 aliphatic heterocycles. The van der Waals surface area contributed by atoms with Gasteiger partial charge < -0.3 is 15.0 Å². The summed E-state index contributed by atoms with van der Waals surface area (Å²) in [4.78, 5) is 13.6. The second kappa shape index (κ2) is 8.18. The SMILES string of the molecule is CC(CNC(C)c1csc(Cl)c1)CN(C)C(=O)OC(C)(C)C. The number of hydrogen-bond acceptors (Lipinski definition) is 4. The minimum absolute atomic E-state index is 0.248. The Bertz CT molecular complexity index is 485. The quantitative estimate of drug-likeness (QED) is 0.821. The van der Waals surface area contributed by atoms with Gasteiger partial charge in [-0.2, -0.15) is 0 Å². The van der Waals surface area contributed by atoms with Crippen LogP contribution in [0.1, 0.15) is 46.2 Å². The Morgan fingerprint density at radius 1 is 1.45 bits per heavy atom. The van der Waals surface area contributed by atoms with Crippen LogP contribution < -0.4 is 5.32 Å². The molecule has 1 aromatic rings. The molecule has 0 fully saturated rings. The summed E-state index contributed by atoms with van der Waals surface area (Å²) in [5.74, 6) is 0.328. The van der Waals surface area contributed by atoms with Gasteiger partial charge in [-0.3, -0.25) is 0 Å². The van der Waals surface area contributed by atoms with E-state index in [0.29, 0.717) is 12.5 Å². The van der Waals surface area contributed by atoms with Gasteiger partial charge in [0.1, 0.15) is 5.60 Å². The fourth-order valence-electron chi connectivity index (χ4n) is 1.99. The van der Waals surface area contributed by atoms with Crippen LogP contribution in [0.25, 0.3) is 0 Å². The molecule has 4 nitrogen and oxygen atoms in total. The molecule has 1 amide bonds. The summed E-state index contributed by atoms with van der Waals surface area (Å²) in [5.41, 5.74) is 0.738. The molecular formula is C16H27ClN2O2S. The van der Waals surface area contributed by atoms with E-state index >= 15 is 0 Å². The van der Waals surface area contributed by atoms with Gasteiger partial charge in [0.25, 0.3) is 0 Å². The standard InChI is InChI=1S/C16H27ClN2O2S/c1-11(9-19(6)15(20)21-16(3,4)5)8-18-12(2)13-7-14(17)22-10-13/h7,10-12,18H,8-9H2,1-6H3. The Hall–Kier alpha value is -0.780. The van der Waals surface area contributed by atoms with Crippen molar-refractivity contribution >= 4 is 29.0 Å². The van der Waals surface area contributed by atoms with Crippen molar-refractivity contribution < 1.29 is 9.53 Å². The number of rotatable bonds is 6. The lowest BCUT2D eigenvalue weighted by Crippen LogP contribution is -2.38. The highest BCUT2D eigenvalue weighted by Crippen LogP contribution is 2.24. The number of carbonyl (C=O) groups is 1. The molecule has 0 radical (unpaired) electrons. The van der Waals surface area contributed by atoms with Gasteiger partial charge in [-0.25, -0.2) is 4.79 Å². The molecule has 2 atom stereocenters. The molecule has 0 saturated carbocycles. The maximum absolute atomic E-state index is 11.9. The van der Waals surface area contributed by atoms with Crippen LogP contribution in [0.5, 0.6) is 0 Å². The van der Waals surface area contributed by atoms with Crippen LogP contribution in [0.15, 0.2) is 11.4 Å². The highest BCUT2D eigenvalue weighted by Gasteiger charge is 2.21. The first kappa shape index (κ1) is 19.3. The monoisotopic (exact) mass is 346 g/mol. The largest absolute Gasteiger partial charge is 0.444 e. The van der Waals surface area contributed by atoms with Crippen molar-refractivity contribution in [2.45, 2.75) is 46.3 Å². The summed E-state index contributed by atoms with van der Waals surface area (Å²) in [6, 6.07) is 2.24. The average Bonchev–Trinajstić information content (AvgIpc) is 2.80. The second-order valence-corrected chi connectivity index (χ2v) is 8.32. The van der Waals surface area contributed by atoms with Crippen molar-refractivity contribution in [3.63, 3.8) is 0 Å². The lowest BCUT2D eigenvalue weighted by molar-refractivity contribution is 0.0276. The van der Waals surface area contributed by atoms with Gasteiger partial charge >= 0.3 is 6.09 Å². The maximum atomic E-state index is 11.9. The summed E-state index contributed by atoms with van der Waals surface area (Å²) >= 11 is 7.50. The molecule has 0 aliphatic carbocycles. The molecular weight excluding hydrogens is 320 g/mol. The van der Waals surface area contributed by atoms with Crippen molar-refractivity contribution in [3.8, 4) is 0 Å². The van der Waals surface area contributed by atoms with Gasteiger partial charge in [0.2, 0.25) is 0 Å². The van der Waals surface area contributed by atoms with E-state index in [2.05, 4.69) is 24.5 Å². The zero-order valence-electron chi connectivity index (χ0n) is 14.3. The zero-order valence-corrected chi connectivity index (χ0v) is 15.8. The Morgan fingerprint density at radius 2 is 2.09 bits per heavy atom. The summed E-state index contributed by atoms with van der Waals surface area (Å²) in [6.07, 6.45) is -0.281. The topological polar surface area (TPSA) is 41.6 Å². The third-order valence-electron chi connectivity index (χ3n) is 3.15. The third-order valence-corrected chi connectivity index (χ3v) is 4.26. The van der Waals surface area contributed by atoms with Gasteiger partial charge in [-0.15, -0.1) is 11.3 Å². The number of thiophene rings is 1. The van der Waals surface area contributed by atoms with Crippen molar-refractivity contribution in [1.29, 1.82) is 0 Å². The minimum Gasteiger partial charge on any atom is -0.444 e. The molecule has 1 heterocycles. The van der Waals surface area contributed by atoms with E-state index in [-0.39, 0.29) is 12.1 Å². The normalized spacial score (nSPS) is 14.5. The Kier molecular flexibility index (Phi) is 7.16. The molecule has 0 aliphatic rings. The van der Waals surface area contributed by atoms with E-state index in [4.69, 9.17) is 16.3 Å². The van der Waals surface area contributed by atoms with E-state index in [1.54, 1.807) is 23.3 Å². The number of amides is 1. The van der Waals surface area contributed by atoms with Crippen LogP contribution in [0.3, 0.4) is 0 Å². The molecule has 0 spiro atoms. The zero-order chi connectivity index (χ0) is 16.9. The van der Waals surface area contributed by atoms with Crippen LogP contribution >= 0.6 is 22.9 Å². The minimum atomic E-state index is -0.459. The van der Waals surface area contributed by atoms with Crippen LogP contribution in [-0.4, -0.2) is 36.7 Å². The van der Waals surface area contributed by atoms with Gasteiger partial charge in [0.05, 0.1) is 4.34 Å². The van der Waals surface area contributed by atoms with E-state index < -0.39 is 5.60 Å². The molecule has 1 aromatic heterocycles. The summed E-state index contributed by atoms with van der Waals surface area (Å²) < 4.78 is 6.16. The van der Waals surface area contributed by atoms with Crippen LogP contribution in [0.2, 0.25) is 4.34 Å². The first-order valence-electron chi connectivity index (χ1n) is 7.50. The molecule has 0 saturated heterocycles. The molecule has 0 bridgehead atoms. The highest BCUT2D eigenvalue weighted by atomic mass is 35.5. The Labute approximate surface area is 142 Å². The molecule has 22 heavy (non-hydrogen) atoms.